The molecule has 4 aromatic rings. The Balaban J connectivity index is 1.50. The molecule has 0 saturated carbocycles. The fourth-order valence-electron chi connectivity index (χ4n) is 3.41. The molecule has 0 atom stereocenters. The minimum absolute atomic E-state index is 0.0157. The molecule has 0 bridgehead atoms. The quantitative estimate of drug-likeness (QED) is 0.302. The lowest BCUT2D eigenvalue weighted by Gasteiger charge is -2.24. The molecule has 0 aliphatic heterocycles. The predicted octanol–water partition coefficient (Wildman–Crippen LogP) is 4.97. The molecule has 0 spiro atoms. The number of carbonyl (C=O) groups is 1. The molecule has 190 valence electrons. The van der Waals surface area contributed by atoms with Crippen molar-refractivity contribution in [1.82, 2.24) is 0 Å². The molecule has 0 radical (unpaired) electrons. The Morgan fingerprint density at radius 1 is 0.676 bits per heavy atom. The van der Waals surface area contributed by atoms with Crippen LogP contribution >= 0.6 is 11.6 Å². The SMILES string of the molecule is O=C(CN(c1ccccc1)S(=O)(=O)c1ccccc1)Nc1ccc(S(=O)(=O)Nc2ccc(Cl)cc2)cc1. The van der Waals surface area contributed by atoms with Crippen molar-refractivity contribution in [1.29, 1.82) is 0 Å². The maximum absolute atomic E-state index is 13.3. The number of nitrogens with one attached hydrogen (secondary N) is 2. The molecule has 8 nitrogen and oxygen atoms in total. The van der Waals surface area contributed by atoms with Gasteiger partial charge in [-0.05, 0) is 72.8 Å². The summed E-state index contributed by atoms with van der Waals surface area (Å²) in [4.78, 5) is 12.9. The number of nitrogens with zero attached hydrogens (tertiary/aromatic N) is 1. The van der Waals surface area contributed by atoms with Gasteiger partial charge in [-0.3, -0.25) is 13.8 Å². The first kappa shape index (κ1) is 26.2. The molecule has 11 heteroatoms. The zero-order valence-electron chi connectivity index (χ0n) is 19.3. The van der Waals surface area contributed by atoms with E-state index in [1.807, 2.05) is 0 Å². The van der Waals surface area contributed by atoms with Crippen LogP contribution in [-0.2, 0) is 24.8 Å². The van der Waals surface area contributed by atoms with E-state index in [-0.39, 0.29) is 9.79 Å². The minimum Gasteiger partial charge on any atom is -0.325 e. The first-order valence-electron chi connectivity index (χ1n) is 11.0. The highest BCUT2D eigenvalue weighted by atomic mass is 35.5. The molecule has 0 aliphatic rings. The lowest BCUT2D eigenvalue weighted by molar-refractivity contribution is -0.114. The normalized spacial score (nSPS) is 11.5. The number of rotatable bonds is 9. The van der Waals surface area contributed by atoms with Crippen molar-refractivity contribution in [2.24, 2.45) is 0 Å². The number of amides is 1. The van der Waals surface area contributed by atoms with Gasteiger partial charge in [-0.1, -0.05) is 48.0 Å². The zero-order valence-corrected chi connectivity index (χ0v) is 21.7. The van der Waals surface area contributed by atoms with Gasteiger partial charge in [0, 0.05) is 16.4 Å². The van der Waals surface area contributed by atoms with Gasteiger partial charge in [-0.2, -0.15) is 0 Å². The average Bonchev–Trinajstić information content (AvgIpc) is 2.90. The van der Waals surface area contributed by atoms with Crippen LogP contribution in [0, 0.1) is 0 Å². The third-order valence-electron chi connectivity index (χ3n) is 5.21. The van der Waals surface area contributed by atoms with Crippen LogP contribution in [0.15, 0.2) is 119 Å². The van der Waals surface area contributed by atoms with E-state index < -0.39 is 32.5 Å². The first-order valence-corrected chi connectivity index (χ1v) is 14.3. The van der Waals surface area contributed by atoms with Gasteiger partial charge in [-0.25, -0.2) is 16.8 Å². The van der Waals surface area contributed by atoms with Gasteiger partial charge in [0.15, 0.2) is 0 Å². The Bertz CT molecular complexity index is 1580. The number of benzene rings is 4. The van der Waals surface area contributed by atoms with Crippen LogP contribution in [0.4, 0.5) is 17.1 Å². The van der Waals surface area contributed by atoms with E-state index in [2.05, 4.69) is 10.0 Å². The van der Waals surface area contributed by atoms with Gasteiger partial charge < -0.3 is 5.32 Å². The summed E-state index contributed by atoms with van der Waals surface area (Å²) < 4.78 is 55.4. The predicted molar refractivity (Wildman–Crippen MR) is 145 cm³/mol. The summed E-state index contributed by atoms with van der Waals surface area (Å²) in [5.41, 5.74) is 0.985. The van der Waals surface area contributed by atoms with Crippen molar-refractivity contribution < 1.29 is 21.6 Å². The van der Waals surface area contributed by atoms with E-state index in [1.165, 1.54) is 48.5 Å². The highest BCUT2D eigenvalue weighted by Crippen LogP contribution is 2.24. The van der Waals surface area contributed by atoms with Crippen LogP contribution in [0.1, 0.15) is 0 Å². The van der Waals surface area contributed by atoms with Gasteiger partial charge in [0.2, 0.25) is 5.91 Å². The van der Waals surface area contributed by atoms with Gasteiger partial charge in [-0.15, -0.1) is 0 Å². The van der Waals surface area contributed by atoms with Crippen LogP contribution in [0.25, 0.3) is 0 Å². The van der Waals surface area contributed by atoms with Crippen LogP contribution < -0.4 is 14.3 Å². The van der Waals surface area contributed by atoms with Crippen LogP contribution in [0.2, 0.25) is 5.02 Å². The van der Waals surface area contributed by atoms with E-state index >= 15 is 0 Å². The molecular formula is C26H22ClN3O5S2. The van der Waals surface area contributed by atoms with Gasteiger partial charge in [0.05, 0.1) is 15.5 Å². The molecule has 0 aromatic heterocycles. The highest BCUT2D eigenvalue weighted by Gasteiger charge is 2.27. The molecule has 0 aliphatic carbocycles. The second-order valence-electron chi connectivity index (χ2n) is 7.85. The Morgan fingerprint density at radius 2 is 1.22 bits per heavy atom. The summed E-state index contributed by atoms with van der Waals surface area (Å²) in [6.45, 7) is -0.487. The molecular weight excluding hydrogens is 534 g/mol. The number of carbonyl (C=O) groups excluding carboxylic acids is 1. The molecule has 0 fully saturated rings. The largest absolute Gasteiger partial charge is 0.325 e. The fourth-order valence-corrected chi connectivity index (χ4v) is 6.04. The fraction of sp³-hybridized carbons (Fsp3) is 0.0385. The summed E-state index contributed by atoms with van der Waals surface area (Å²) in [7, 11) is -7.89. The zero-order chi connectivity index (χ0) is 26.5. The molecule has 4 aromatic carbocycles. The van der Waals surface area contributed by atoms with Crippen molar-refractivity contribution in [3.8, 4) is 0 Å². The second kappa shape index (κ2) is 11.0. The lowest BCUT2D eigenvalue weighted by atomic mass is 10.3. The van der Waals surface area contributed by atoms with Gasteiger partial charge in [0.1, 0.15) is 6.54 Å². The maximum Gasteiger partial charge on any atom is 0.264 e. The van der Waals surface area contributed by atoms with Gasteiger partial charge in [0.25, 0.3) is 20.0 Å². The summed E-state index contributed by atoms with van der Waals surface area (Å²) >= 11 is 5.83. The summed E-state index contributed by atoms with van der Waals surface area (Å²) in [5.74, 6) is -0.599. The Labute approximate surface area is 220 Å². The molecule has 2 N–H and O–H groups in total. The monoisotopic (exact) mass is 555 g/mol. The van der Waals surface area contributed by atoms with Crippen molar-refractivity contribution in [3.63, 3.8) is 0 Å². The highest BCUT2D eigenvalue weighted by molar-refractivity contribution is 7.93. The van der Waals surface area contributed by atoms with E-state index in [0.29, 0.717) is 22.1 Å². The molecule has 0 unspecified atom stereocenters. The molecule has 0 saturated heterocycles. The Kier molecular flexibility index (Phi) is 7.82. The standard InChI is InChI=1S/C26H22ClN3O5S2/c27-20-11-13-22(14-12-20)29-36(32,33)24-17-15-21(16-18-24)28-26(31)19-30(23-7-3-1-4-8-23)37(34,35)25-9-5-2-6-10-25/h1-18,29H,19H2,(H,28,31). The number of para-hydroxylation sites is 1. The number of hydrogen-bond donors (Lipinski definition) is 2. The van der Waals surface area contributed by atoms with Crippen molar-refractivity contribution in [3.05, 3.63) is 114 Å². The number of hydrogen-bond acceptors (Lipinski definition) is 5. The number of anilines is 3. The van der Waals surface area contributed by atoms with Gasteiger partial charge >= 0.3 is 0 Å². The van der Waals surface area contributed by atoms with E-state index in [0.717, 1.165) is 4.31 Å². The molecule has 0 heterocycles. The topological polar surface area (TPSA) is 113 Å². The van der Waals surface area contributed by atoms with Crippen LogP contribution in [0.3, 0.4) is 0 Å². The third kappa shape index (κ3) is 6.48. The van der Waals surface area contributed by atoms with E-state index in [1.54, 1.807) is 60.7 Å². The van der Waals surface area contributed by atoms with Crippen LogP contribution in [-0.4, -0.2) is 29.3 Å². The lowest BCUT2D eigenvalue weighted by Crippen LogP contribution is -2.38. The summed E-state index contributed by atoms with van der Waals surface area (Å²) in [5, 5.41) is 3.10. The number of sulfonamides is 2. The average molecular weight is 556 g/mol. The second-order valence-corrected chi connectivity index (χ2v) is 11.8. The van der Waals surface area contributed by atoms with E-state index in [4.69, 9.17) is 11.6 Å². The Morgan fingerprint density at radius 3 is 1.81 bits per heavy atom. The van der Waals surface area contributed by atoms with Crippen LogP contribution in [0.5, 0.6) is 0 Å². The minimum atomic E-state index is -4.02. The first-order chi connectivity index (χ1) is 17.6. The van der Waals surface area contributed by atoms with Crippen molar-refractivity contribution in [2.75, 3.05) is 20.9 Å². The number of halogens is 1. The van der Waals surface area contributed by atoms with Crippen molar-refractivity contribution in [2.45, 2.75) is 9.79 Å². The molecule has 1 amide bonds. The molecule has 4 rings (SSSR count). The third-order valence-corrected chi connectivity index (χ3v) is 8.64. The maximum atomic E-state index is 13.3. The summed E-state index contributed by atoms with van der Waals surface area (Å²) in [6.07, 6.45) is 0. The summed E-state index contributed by atoms with van der Waals surface area (Å²) in [6, 6.07) is 27.9. The van der Waals surface area contributed by atoms with E-state index in [9.17, 15) is 21.6 Å². The molecule has 37 heavy (non-hydrogen) atoms. The smallest absolute Gasteiger partial charge is 0.264 e. The Hall–Kier alpha value is -3.86. The van der Waals surface area contributed by atoms with Crippen molar-refractivity contribution >= 4 is 54.6 Å².